The van der Waals surface area contributed by atoms with Crippen molar-refractivity contribution in [3.8, 4) is 11.2 Å². The number of azo groups is 1. The summed E-state index contributed by atoms with van der Waals surface area (Å²) < 4.78 is 116. The minimum atomic E-state index is -5.08. The number of anilines is 5. The van der Waals surface area contributed by atoms with Crippen molar-refractivity contribution in [2.24, 2.45) is 10.2 Å². The average molecular weight is 1160 g/mol. The Balaban J connectivity index is 0.00000329. The summed E-state index contributed by atoms with van der Waals surface area (Å²) in [5.41, 5.74) is 3.06. The molecule has 0 spiro atoms. The Bertz CT molecular complexity index is 3930. The third-order valence-corrected chi connectivity index (χ3v) is 16.5. The molecular weight excluding hydrogens is 1110 g/mol. The van der Waals surface area contributed by atoms with Gasteiger partial charge in [-0.2, -0.15) is 15.0 Å². The Morgan fingerprint density at radius 1 is 0.685 bits per heavy atom. The Morgan fingerprint density at radius 2 is 1.29 bits per heavy atom. The van der Waals surface area contributed by atoms with Crippen molar-refractivity contribution >= 4 is 113 Å². The van der Waals surface area contributed by atoms with Crippen LogP contribution in [0.25, 0.3) is 25.6 Å². The van der Waals surface area contributed by atoms with E-state index >= 15 is 0 Å². The van der Waals surface area contributed by atoms with E-state index in [1.165, 1.54) is 72.9 Å². The minimum absolute atomic E-state index is 0. The van der Waals surface area contributed by atoms with Gasteiger partial charge in [-0.3, -0.25) is 4.90 Å². The molecule has 0 saturated heterocycles. The van der Waals surface area contributed by atoms with E-state index in [1.54, 1.807) is 26.8 Å². The van der Waals surface area contributed by atoms with Crippen LogP contribution >= 0.6 is 22.7 Å². The van der Waals surface area contributed by atoms with Crippen molar-refractivity contribution in [3.05, 3.63) is 111 Å². The van der Waals surface area contributed by atoms with Gasteiger partial charge in [0, 0.05) is 11.1 Å². The molecule has 73 heavy (non-hydrogen) atoms. The number of pyridine rings is 1. The Hall–Kier alpha value is -1.65. The number of benzene rings is 4. The monoisotopic (exact) mass is 1150 g/mol. The zero-order valence-corrected chi connectivity index (χ0v) is 55.5. The van der Waals surface area contributed by atoms with E-state index in [0.717, 1.165) is 22.1 Å². The molecule has 362 valence electrons. The van der Waals surface area contributed by atoms with Gasteiger partial charge in [0.05, 0.1) is 46.5 Å². The molecule has 4 aromatic carbocycles. The van der Waals surface area contributed by atoms with E-state index in [9.17, 15) is 44.2 Å². The maximum absolute atomic E-state index is 12.9. The first-order valence-corrected chi connectivity index (χ1v) is 26.8. The predicted octanol–water partition coefficient (Wildman–Crippen LogP) is 1.17. The molecule has 0 aliphatic rings. The van der Waals surface area contributed by atoms with E-state index in [4.69, 9.17) is 25.2 Å². The average Bonchev–Trinajstić information content (AvgIpc) is 3.96. The molecule has 0 atom stereocenters. The van der Waals surface area contributed by atoms with Gasteiger partial charge < -0.3 is 19.0 Å². The fourth-order valence-corrected chi connectivity index (χ4v) is 12.9. The molecule has 8 rings (SSSR count). The van der Waals surface area contributed by atoms with E-state index in [1.807, 2.05) is 45.0 Å². The Labute approximate surface area is 558 Å². The molecule has 19 nitrogen and oxygen atoms in total. The summed E-state index contributed by atoms with van der Waals surface area (Å²) >= 11 is 2.26. The number of thiazole rings is 2. The summed E-state index contributed by atoms with van der Waals surface area (Å²) in [6.45, 7) is 16.6. The molecule has 0 fully saturated rings. The van der Waals surface area contributed by atoms with Gasteiger partial charge in [-0.15, -0.1) is 10.2 Å². The normalized spacial score (nSPS) is 12.1. The standard InChI is InChI=1S/C46H44N10O9S5.3K/c1-22-17-25(4)39(69(60,61)62)27(6)36(22)51-42-37(52-53-43-30(21-47)41(46(8,9)10)54-56(43)45-49-31-13-11-12-14-33(31)66-45)23(2)19-35(50-42)55(38-24(3)18-26(5)40(28(38)7)70(63,64)65)44-48-32-16-15-29(68(57,58)59)20-34(32)67-44;;;/h11-20H,1-10H3,(H,50,51)(H,57,58,59)(H,60,61,62)(H,63,64,65);;;/q;3*+1/p-3. The number of nitrogens with one attached hydrogen (secondary N) is 1. The minimum Gasteiger partial charge on any atom is -0.744 e. The summed E-state index contributed by atoms with van der Waals surface area (Å²) in [4.78, 5) is 14.6. The first kappa shape index (κ1) is 62.2. The van der Waals surface area contributed by atoms with Crippen LogP contribution in [0.1, 0.15) is 71.0 Å². The third-order valence-electron chi connectivity index (χ3n) is 11.3. The van der Waals surface area contributed by atoms with Crippen molar-refractivity contribution in [1.29, 1.82) is 5.26 Å². The van der Waals surface area contributed by atoms with Gasteiger partial charge in [0.2, 0.25) is 5.13 Å². The zero-order chi connectivity index (χ0) is 51.2. The van der Waals surface area contributed by atoms with E-state index in [2.05, 4.69) is 16.5 Å². The molecule has 0 bridgehead atoms. The number of hydrogen-bond acceptors (Lipinski definition) is 20. The Kier molecular flexibility index (Phi) is 19.9. The molecule has 0 saturated carbocycles. The van der Waals surface area contributed by atoms with Gasteiger partial charge in [0.15, 0.2) is 16.8 Å². The molecule has 0 radical (unpaired) electrons. The molecule has 0 aliphatic carbocycles. The maximum atomic E-state index is 12.9. The smallest absolute Gasteiger partial charge is 0.744 e. The van der Waals surface area contributed by atoms with E-state index < -0.39 is 50.5 Å². The van der Waals surface area contributed by atoms with Crippen LogP contribution in [0, 0.1) is 59.8 Å². The molecule has 4 heterocycles. The molecule has 0 unspecified atom stereocenters. The van der Waals surface area contributed by atoms with Gasteiger partial charge in [-0.25, -0.2) is 40.2 Å². The molecular formula is C46H41K3N10O9S5. The number of nitrogens with zero attached hydrogens (tertiary/aromatic N) is 9. The van der Waals surface area contributed by atoms with E-state index in [0.29, 0.717) is 33.0 Å². The summed E-state index contributed by atoms with van der Waals surface area (Å²) in [7, 11) is -15.0. The van der Waals surface area contributed by atoms with Gasteiger partial charge >= 0.3 is 154 Å². The van der Waals surface area contributed by atoms with Gasteiger partial charge in [-0.1, -0.05) is 67.7 Å². The number of para-hydroxylation sites is 1. The third kappa shape index (κ3) is 12.6. The predicted molar refractivity (Wildman–Crippen MR) is 263 cm³/mol. The Morgan fingerprint density at radius 3 is 1.88 bits per heavy atom. The summed E-state index contributed by atoms with van der Waals surface area (Å²) in [6, 6.07) is 17.9. The number of fused-ring (bicyclic) bond motifs is 2. The van der Waals surface area contributed by atoms with Crippen molar-refractivity contribution in [1.82, 2.24) is 24.7 Å². The number of aryl methyl sites for hydroxylation is 5. The van der Waals surface area contributed by atoms with Gasteiger partial charge in [0.1, 0.15) is 53.5 Å². The van der Waals surface area contributed by atoms with Crippen LogP contribution in [0.4, 0.5) is 39.6 Å². The van der Waals surface area contributed by atoms with E-state index in [-0.39, 0.29) is 232 Å². The summed E-state index contributed by atoms with van der Waals surface area (Å²) in [5.74, 6) is -0.00457. The fraction of sp³-hybridized carbons (Fsp3) is 0.239. The zero-order valence-electron chi connectivity index (χ0n) is 42.0. The largest absolute Gasteiger partial charge is 1.00 e. The molecule has 0 amide bonds. The van der Waals surface area contributed by atoms with Crippen LogP contribution in [-0.2, 0) is 35.8 Å². The van der Waals surface area contributed by atoms with Gasteiger partial charge in [0.25, 0.3) is 0 Å². The molecule has 27 heteroatoms. The van der Waals surface area contributed by atoms with Crippen molar-refractivity contribution in [3.63, 3.8) is 0 Å². The second kappa shape index (κ2) is 23.4. The summed E-state index contributed by atoms with van der Waals surface area (Å²) in [5, 5.41) is 28.6. The van der Waals surface area contributed by atoms with Crippen LogP contribution in [-0.4, -0.2) is 63.6 Å². The molecule has 0 aliphatic heterocycles. The first-order valence-electron chi connectivity index (χ1n) is 21.0. The number of rotatable bonds is 11. The summed E-state index contributed by atoms with van der Waals surface area (Å²) in [6.07, 6.45) is 0. The maximum Gasteiger partial charge on any atom is 1.00 e. The molecule has 1 N–H and O–H groups in total. The van der Waals surface area contributed by atoms with Crippen LogP contribution in [0.5, 0.6) is 0 Å². The van der Waals surface area contributed by atoms with Crippen molar-refractivity contribution in [2.45, 2.75) is 89.3 Å². The van der Waals surface area contributed by atoms with Crippen LogP contribution in [0.15, 0.2) is 85.6 Å². The number of nitriles is 1. The topological polar surface area (TPSA) is 292 Å². The van der Waals surface area contributed by atoms with Crippen LogP contribution in [0.3, 0.4) is 0 Å². The van der Waals surface area contributed by atoms with Crippen LogP contribution in [0.2, 0.25) is 0 Å². The number of aromatic nitrogens is 5. The SMILES string of the molecule is Cc1cc(N(c2nc3ccc(S(=O)(=O)[O-])cc3s2)c2c(C)cc(C)c(S(=O)(=O)[O-])c2C)nc(Nc2c(C)cc(C)c(S(=O)(=O)[O-])c2C)c1N=Nc1c(C#N)c(C(C)(C)C)nn1-c1nc2ccccc2s1.[K+].[K+].[K+]. The second-order valence-electron chi connectivity index (χ2n) is 17.6. The first-order chi connectivity index (χ1) is 32.6. The quantitative estimate of drug-likeness (QED) is 0.108. The van der Waals surface area contributed by atoms with Crippen molar-refractivity contribution in [2.75, 3.05) is 10.2 Å². The van der Waals surface area contributed by atoms with Crippen molar-refractivity contribution < 1.29 is 193 Å². The fourth-order valence-electron chi connectivity index (χ4n) is 8.49. The van der Waals surface area contributed by atoms with Gasteiger partial charge in [-0.05, 0) is 124 Å². The molecule has 8 aromatic rings. The van der Waals surface area contributed by atoms with Crippen LogP contribution < -0.4 is 164 Å². The second-order valence-corrected chi connectivity index (χ2v) is 23.6. The molecule has 4 aromatic heterocycles. The number of hydrogen-bond donors (Lipinski definition) is 1.